The lowest BCUT2D eigenvalue weighted by atomic mass is 10.1. The topological polar surface area (TPSA) is 75.0 Å². The molecule has 158 valence electrons. The molecule has 0 spiro atoms. The van der Waals surface area contributed by atoms with Gasteiger partial charge in [-0.1, -0.05) is 6.92 Å². The number of hydrogen-bond acceptors (Lipinski definition) is 4. The second kappa shape index (κ2) is 9.96. The fraction of sp³-hybridized carbons (Fsp3) is 0.714. The van der Waals surface area contributed by atoms with Crippen LogP contribution in [-0.2, 0) is 16.1 Å². The fourth-order valence-electron chi connectivity index (χ4n) is 3.17. The van der Waals surface area contributed by atoms with E-state index in [4.69, 9.17) is 9.15 Å². The molecule has 1 N–H and O–H groups in total. The lowest BCUT2D eigenvalue weighted by Crippen LogP contribution is -2.54. The summed E-state index contributed by atoms with van der Waals surface area (Å²) in [6.07, 6.45) is 4.38. The number of carbonyl (C=O) groups excluding carboxylic acids is 2. The highest BCUT2D eigenvalue weighted by Gasteiger charge is 2.29. The maximum Gasteiger partial charge on any atom is 0.318 e. The molecule has 7 heteroatoms. The fourth-order valence-corrected chi connectivity index (χ4v) is 3.17. The molecule has 0 aliphatic carbocycles. The molecule has 1 aromatic rings. The summed E-state index contributed by atoms with van der Waals surface area (Å²) in [4.78, 5) is 29.3. The number of hydrogen-bond donors (Lipinski definition) is 1. The van der Waals surface area contributed by atoms with E-state index in [1.165, 1.54) is 0 Å². The summed E-state index contributed by atoms with van der Waals surface area (Å²) in [5.41, 5.74) is -0.364. The van der Waals surface area contributed by atoms with Gasteiger partial charge in [0.05, 0.1) is 18.9 Å². The maximum atomic E-state index is 13.2. The first-order chi connectivity index (χ1) is 13.2. The van der Waals surface area contributed by atoms with Gasteiger partial charge in [0, 0.05) is 24.7 Å². The van der Waals surface area contributed by atoms with E-state index in [0.29, 0.717) is 13.1 Å². The quantitative estimate of drug-likeness (QED) is 0.735. The van der Waals surface area contributed by atoms with Gasteiger partial charge in [-0.25, -0.2) is 4.79 Å². The summed E-state index contributed by atoms with van der Waals surface area (Å²) in [7, 11) is 0. The van der Waals surface area contributed by atoms with Gasteiger partial charge in [0.1, 0.15) is 12.3 Å². The highest BCUT2D eigenvalue weighted by atomic mass is 16.5. The Morgan fingerprint density at radius 1 is 1.36 bits per heavy atom. The smallest absolute Gasteiger partial charge is 0.318 e. The normalized spacial score (nSPS) is 18.0. The standard InChI is InChI=1S/C21H35N3O4/c1-6-16(2)24(20(26)22-21(3,4)5)15-19(25)23(13-17-9-7-11-27-17)14-18-10-8-12-28-18/h7,9,11,16,18H,6,8,10,12-15H2,1-5H3,(H,22,26)/t16-,18-/m0/s1. The van der Waals surface area contributed by atoms with E-state index in [1.54, 1.807) is 16.1 Å². The number of nitrogens with zero attached hydrogens (tertiary/aromatic N) is 2. The molecule has 7 nitrogen and oxygen atoms in total. The number of nitrogens with one attached hydrogen (secondary N) is 1. The number of ether oxygens (including phenoxy) is 1. The molecule has 2 heterocycles. The number of urea groups is 1. The molecule has 0 radical (unpaired) electrons. The Kier molecular flexibility index (Phi) is 7.92. The molecule has 2 rings (SSSR count). The van der Waals surface area contributed by atoms with Crippen LogP contribution >= 0.6 is 0 Å². The van der Waals surface area contributed by atoms with Crippen molar-refractivity contribution in [3.8, 4) is 0 Å². The molecule has 0 unspecified atom stereocenters. The van der Waals surface area contributed by atoms with Crippen molar-refractivity contribution in [2.75, 3.05) is 19.7 Å². The Morgan fingerprint density at radius 2 is 2.11 bits per heavy atom. The van der Waals surface area contributed by atoms with Gasteiger partial charge in [-0.3, -0.25) is 4.79 Å². The summed E-state index contributed by atoms with van der Waals surface area (Å²) in [5.74, 6) is 0.622. The minimum atomic E-state index is -0.364. The Labute approximate surface area is 168 Å². The van der Waals surface area contributed by atoms with Crippen LogP contribution in [0.1, 0.15) is 59.6 Å². The monoisotopic (exact) mass is 393 g/mol. The molecule has 0 aromatic carbocycles. The minimum Gasteiger partial charge on any atom is -0.467 e. The molecule has 0 saturated carbocycles. The van der Waals surface area contributed by atoms with Crippen LogP contribution in [0.3, 0.4) is 0 Å². The number of amides is 3. The summed E-state index contributed by atoms with van der Waals surface area (Å²) < 4.78 is 11.2. The average molecular weight is 394 g/mol. The van der Waals surface area contributed by atoms with Crippen molar-refractivity contribution >= 4 is 11.9 Å². The Balaban J connectivity index is 2.11. The average Bonchev–Trinajstić information content (AvgIpc) is 3.30. The predicted octanol–water partition coefficient (Wildman–Crippen LogP) is 3.40. The zero-order chi connectivity index (χ0) is 20.7. The highest BCUT2D eigenvalue weighted by Crippen LogP contribution is 2.17. The first-order valence-electron chi connectivity index (χ1n) is 10.2. The van der Waals surface area contributed by atoms with Crippen molar-refractivity contribution in [2.45, 2.75) is 78.1 Å². The molecule has 2 atom stereocenters. The van der Waals surface area contributed by atoms with Crippen molar-refractivity contribution in [1.29, 1.82) is 0 Å². The zero-order valence-electron chi connectivity index (χ0n) is 17.9. The number of carbonyl (C=O) groups is 2. The third kappa shape index (κ3) is 6.86. The van der Waals surface area contributed by atoms with E-state index in [0.717, 1.165) is 31.6 Å². The van der Waals surface area contributed by atoms with Crippen LogP contribution in [-0.4, -0.2) is 59.1 Å². The van der Waals surface area contributed by atoms with Crippen LogP contribution in [0.4, 0.5) is 4.79 Å². The van der Waals surface area contributed by atoms with Crippen LogP contribution in [0, 0.1) is 0 Å². The first-order valence-corrected chi connectivity index (χ1v) is 10.2. The molecule has 1 saturated heterocycles. The van der Waals surface area contributed by atoms with E-state index >= 15 is 0 Å². The molecule has 1 aliphatic heterocycles. The van der Waals surface area contributed by atoms with E-state index < -0.39 is 0 Å². The first kappa shape index (κ1) is 22.3. The Morgan fingerprint density at radius 3 is 2.64 bits per heavy atom. The van der Waals surface area contributed by atoms with Crippen molar-refractivity contribution in [2.24, 2.45) is 0 Å². The third-order valence-corrected chi connectivity index (χ3v) is 4.90. The van der Waals surface area contributed by atoms with Gasteiger partial charge in [-0.2, -0.15) is 0 Å². The Bertz CT molecular complexity index is 618. The lowest BCUT2D eigenvalue weighted by molar-refractivity contribution is -0.134. The SMILES string of the molecule is CC[C@H](C)N(CC(=O)N(Cc1ccco1)C[C@@H]1CCCO1)C(=O)NC(C)(C)C. The van der Waals surface area contributed by atoms with Crippen LogP contribution in [0.25, 0.3) is 0 Å². The maximum absolute atomic E-state index is 13.2. The largest absolute Gasteiger partial charge is 0.467 e. The van der Waals surface area contributed by atoms with Gasteiger partial charge in [0.2, 0.25) is 5.91 Å². The van der Waals surface area contributed by atoms with Crippen LogP contribution in [0.2, 0.25) is 0 Å². The van der Waals surface area contributed by atoms with E-state index in [2.05, 4.69) is 5.32 Å². The Hall–Kier alpha value is -2.02. The van der Waals surface area contributed by atoms with Gasteiger partial charge >= 0.3 is 6.03 Å². The summed E-state index contributed by atoms with van der Waals surface area (Å²) >= 11 is 0. The molecular weight excluding hydrogens is 358 g/mol. The van der Waals surface area contributed by atoms with Gasteiger partial charge in [-0.15, -0.1) is 0 Å². The molecule has 1 aromatic heterocycles. The van der Waals surface area contributed by atoms with Gasteiger partial charge in [0.15, 0.2) is 0 Å². The predicted molar refractivity (Wildman–Crippen MR) is 108 cm³/mol. The molecule has 28 heavy (non-hydrogen) atoms. The van der Waals surface area contributed by atoms with Gasteiger partial charge in [-0.05, 0) is 59.1 Å². The van der Waals surface area contributed by atoms with E-state index in [1.807, 2.05) is 46.8 Å². The summed E-state index contributed by atoms with van der Waals surface area (Å²) in [6, 6.07) is 3.41. The molecule has 1 aliphatic rings. The third-order valence-electron chi connectivity index (χ3n) is 4.90. The van der Waals surface area contributed by atoms with Crippen molar-refractivity contribution in [1.82, 2.24) is 15.1 Å². The molecule has 1 fully saturated rings. The van der Waals surface area contributed by atoms with Crippen LogP contribution in [0.5, 0.6) is 0 Å². The molecule has 0 bridgehead atoms. The van der Waals surface area contributed by atoms with E-state index in [9.17, 15) is 9.59 Å². The van der Waals surface area contributed by atoms with Crippen LogP contribution in [0.15, 0.2) is 22.8 Å². The molecule has 3 amide bonds. The second-order valence-corrected chi connectivity index (χ2v) is 8.55. The van der Waals surface area contributed by atoms with Gasteiger partial charge in [0.25, 0.3) is 0 Å². The molecular formula is C21H35N3O4. The summed E-state index contributed by atoms with van der Waals surface area (Å²) in [5, 5.41) is 2.97. The number of rotatable bonds is 8. The highest BCUT2D eigenvalue weighted by molar-refractivity contribution is 5.84. The van der Waals surface area contributed by atoms with Crippen molar-refractivity contribution in [3.05, 3.63) is 24.2 Å². The van der Waals surface area contributed by atoms with Crippen LogP contribution < -0.4 is 5.32 Å². The van der Waals surface area contributed by atoms with Gasteiger partial charge < -0.3 is 24.3 Å². The van der Waals surface area contributed by atoms with Crippen molar-refractivity contribution < 1.29 is 18.7 Å². The van der Waals surface area contributed by atoms with E-state index in [-0.39, 0.29) is 36.2 Å². The minimum absolute atomic E-state index is 0.0321. The number of furan rings is 1. The van der Waals surface area contributed by atoms with Crippen molar-refractivity contribution in [3.63, 3.8) is 0 Å². The second-order valence-electron chi connectivity index (χ2n) is 8.55. The zero-order valence-corrected chi connectivity index (χ0v) is 17.9. The summed E-state index contributed by atoms with van der Waals surface area (Å²) in [6.45, 7) is 11.4. The lowest BCUT2D eigenvalue weighted by Gasteiger charge is -2.34.